The Morgan fingerprint density at radius 1 is 1.30 bits per heavy atom. The molecule has 0 aliphatic carbocycles. The number of amides is 2. The molecule has 2 amide bonds. The Morgan fingerprint density at radius 3 is 2.63 bits per heavy atom. The van der Waals surface area contributed by atoms with Crippen molar-refractivity contribution in [2.45, 2.75) is 39.7 Å². The molecular formula is C18H23F3N4O2. The van der Waals surface area contributed by atoms with Gasteiger partial charge in [0.15, 0.2) is 0 Å². The van der Waals surface area contributed by atoms with Crippen LogP contribution in [0.1, 0.15) is 23.4 Å². The van der Waals surface area contributed by atoms with Crippen LogP contribution in [0.25, 0.3) is 0 Å². The van der Waals surface area contributed by atoms with Crippen molar-refractivity contribution in [3.05, 3.63) is 47.3 Å². The van der Waals surface area contributed by atoms with Crippen molar-refractivity contribution in [2.75, 3.05) is 13.6 Å². The number of nitrogens with zero attached hydrogens (tertiary/aromatic N) is 3. The number of benzene rings is 1. The zero-order chi connectivity index (χ0) is 20.0. The Balaban J connectivity index is 1.83. The molecule has 0 spiro atoms. The molecule has 0 fully saturated rings. The molecule has 1 aromatic carbocycles. The first-order chi connectivity index (χ1) is 12.7. The van der Waals surface area contributed by atoms with Gasteiger partial charge in [-0.15, -0.1) is 13.2 Å². The normalized spacial score (nSPS) is 11.3. The van der Waals surface area contributed by atoms with Crippen LogP contribution < -0.4 is 10.1 Å². The number of carbonyl (C=O) groups is 1. The summed E-state index contributed by atoms with van der Waals surface area (Å²) >= 11 is 0. The molecule has 148 valence electrons. The standard InChI is InChI=1S/C18H23F3N4O2/c1-13-11-14(2)25(23-13)10-6-9-22-17(26)24(3)12-15-7-4-5-8-16(15)27-18(19,20)21/h4-5,7-8,11H,6,9-10,12H2,1-3H3,(H,22,26). The monoisotopic (exact) mass is 384 g/mol. The molecule has 1 N–H and O–H groups in total. The van der Waals surface area contributed by atoms with Gasteiger partial charge in [-0.3, -0.25) is 4.68 Å². The number of alkyl halides is 3. The zero-order valence-corrected chi connectivity index (χ0v) is 15.5. The van der Waals surface area contributed by atoms with E-state index in [0.29, 0.717) is 19.5 Å². The van der Waals surface area contributed by atoms with Crippen molar-refractivity contribution in [3.63, 3.8) is 0 Å². The maximum Gasteiger partial charge on any atom is 0.573 e. The highest BCUT2D eigenvalue weighted by Gasteiger charge is 2.32. The van der Waals surface area contributed by atoms with E-state index in [-0.39, 0.29) is 23.9 Å². The summed E-state index contributed by atoms with van der Waals surface area (Å²) in [4.78, 5) is 13.5. The SMILES string of the molecule is Cc1cc(C)n(CCCNC(=O)N(C)Cc2ccccc2OC(F)(F)F)n1. The molecule has 0 unspecified atom stereocenters. The molecule has 0 atom stereocenters. The number of rotatable bonds is 7. The molecule has 0 saturated carbocycles. The molecule has 0 aliphatic heterocycles. The van der Waals surface area contributed by atoms with Crippen molar-refractivity contribution >= 4 is 6.03 Å². The smallest absolute Gasteiger partial charge is 0.405 e. The third-order valence-electron chi connectivity index (χ3n) is 3.88. The van der Waals surface area contributed by atoms with Crippen molar-refractivity contribution < 1.29 is 22.7 Å². The second-order valence-electron chi connectivity index (χ2n) is 6.25. The van der Waals surface area contributed by atoms with E-state index in [2.05, 4.69) is 15.2 Å². The van der Waals surface area contributed by atoms with Crippen LogP contribution in [-0.2, 0) is 13.1 Å². The molecule has 27 heavy (non-hydrogen) atoms. The topological polar surface area (TPSA) is 59.4 Å². The van der Waals surface area contributed by atoms with Crippen LogP contribution in [0.4, 0.5) is 18.0 Å². The zero-order valence-electron chi connectivity index (χ0n) is 15.5. The van der Waals surface area contributed by atoms with E-state index in [1.54, 1.807) is 6.07 Å². The minimum absolute atomic E-state index is 0.00442. The fourth-order valence-corrected chi connectivity index (χ4v) is 2.65. The molecule has 6 nitrogen and oxygen atoms in total. The number of halogens is 3. The maximum absolute atomic E-state index is 12.5. The first-order valence-corrected chi connectivity index (χ1v) is 8.49. The quantitative estimate of drug-likeness (QED) is 0.742. The molecule has 0 saturated heterocycles. The minimum atomic E-state index is -4.78. The van der Waals surface area contributed by atoms with Crippen molar-refractivity contribution in [2.24, 2.45) is 0 Å². The van der Waals surface area contributed by atoms with Gasteiger partial charge in [0.2, 0.25) is 0 Å². The lowest BCUT2D eigenvalue weighted by atomic mass is 10.2. The molecule has 9 heteroatoms. The molecule has 2 rings (SSSR count). The van der Waals surface area contributed by atoms with Gasteiger partial charge in [-0.2, -0.15) is 5.10 Å². The summed E-state index contributed by atoms with van der Waals surface area (Å²) in [5, 5.41) is 7.09. The number of nitrogens with one attached hydrogen (secondary N) is 1. The Morgan fingerprint density at radius 2 is 2.00 bits per heavy atom. The van der Waals surface area contributed by atoms with Crippen LogP contribution >= 0.6 is 0 Å². The number of aromatic nitrogens is 2. The number of carbonyl (C=O) groups excluding carboxylic acids is 1. The van der Waals surface area contributed by atoms with Gasteiger partial charge in [0, 0.05) is 31.4 Å². The number of hydrogen-bond donors (Lipinski definition) is 1. The van der Waals surface area contributed by atoms with Gasteiger partial charge in [-0.05, 0) is 32.4 Å². The van der Waals surface area contributed by atoms with Crippen LogP contribution in [0.15, 0.2) is 30.3 Å². The summed E-state index contributed by atoms with van der Waals surface area (Å²) in [6, 6.07) is 7.37. The number of ether oxygens (including phenoxy) is 1. The minimum Gasteiger partial charge on any atom is -0.405 e. The Kier molecular flexibility index (Phi) is 6.70. The van der Waals surface area contributed by atoms with E-state index >= 15 is 0 Å². The average Bonchev–Trinajstić information content (AvgIpc) is 2.89. The van der Waals surface area contributed by atoms with Crippen LogP contribution in [-0.4, -0.2) is 40.7 Å². The van der Waals surface area contributed by atoms with E-state index in [0.717, 1.165) is 11.4 Å². The predicted octanol–water partition coefficient (Wildman–Crippen LogP) is 3.63. The summed E-state index contributed by atoms with van der Waals surface area (Å²) < 4.78 is 43.3. The molecule has 2 aromatic rings. The van der Waals surface area contributed by atoms with E-state index in [9.17, 15) is 18.0 Å². The van der Waals surface area contributed by atoms with Crippen molar-refractivity contribution in [1.29, 1.82) is 0 Å². The summed E-state index contributed by atoms with van der Waals surface area (Å²) in [7, 11) is 1.51. The number of hydrogen-bond acceptors (Lipinski definition) is 3. The molecule has 1 aromatic heterocycles. The van der Waals surface area contributed by atoms with Crippen molar-refractivity contribution in [3.8, 4) is 5.75 Å². The Labute approximate surface area is 155 Å². The first kappa shape index (κ1) is 20.6. The third kappa shape index (κ3) is 6.50. The van der Waals surface area contributed by atoms with Crippen molar-refractivity contribution in [1.82, 2.24) is 20.0 Å². The van der Waals surface area contributed by atoms with Gasteiger partial charge in [-0.25, -0.2) is 4.79 Å². The van der Waals surface area contributed by atoms with Crippen LogP contribution in [0.3, 0.4) is 0 Å². The largest absolute Gasteiger partial charge is 0.573 e. The Hall–Kier alpha value is -2.71. The Bertz CT molecular complexity index is 774. The van der Waals surface area contributed by atoms with Gasteiger partial charge in [0.05, 0.1) is 12.2 Å². The average molecular weight is 384 g/mol. The van der Waals surface area contributed by atoms with E-state index in [1.807, 2.05) is 24.6 Å². The highest BCUT2D eigenvalue weighted by Crippen LogP contribution is 2.26. The number of para-hydroxylation sites is 1. The maximum atomic E-state index is 12.5. The lowest BCUT2D eigenvalue weighted by molar-refractivity contribution is -0.275. The molecular weight excluding hydrogens is 361 g/mol. The molecule has 0 aliphatic rings. The molecule has 0 bridgehead atoms. The van der Waals surface area contributed by atoms with Crippen LogP contribution in [0.2, 0.25) is 0 Å². The number of urea groups is 1. The second kappa shape index (κ2) is 8.79. The number of aryl methyl sites for hydroxylation is 3. The molecule has 0 radical (unpaired) electrons. The molecule has 1 heterocycles. The van der Waals surface area contributed by atoms with Gasteiger partial charge < -0.3 is 15.0 Å². The van der Waals surface area contributed by atoms with E-state index in [4.69, 9.17) is 0 Å². The van der Waals surface area contributed by atoms with E-state index in [1.165, 1.54) is 30.1 Å². The highest BCUT2D eigenvalue weighted by atomic mass is 19.4. The van der Waals surface area contributed by atoms with Gasteiger partial charge >= 0.3 is 12.4 Å². The lowest BCUT2D eigenvalue weighted by Gasteiger charge is -2.20. The summed E-state index contributed by atoms with van der Waals surface area (Å²) in [5.74, 6) is -0.311. The second-order valence-corrected chi connectivity index (χ2v) is 6.25. The van der Waals surface area contributed by atoms with Gasteiger partial charge in [-0.1, -0.05) is 18.2 Å². The summed E-state index contributed by atoms with van der Waals surface area (Å²) in [6.07, 6.45) is -4.09. The lowest BCUT2D eigenvalue weighted by Crippen LogP contribution is -2.37. The fraction of sp³-hybridized carbons (Fsp3) is 0.444. The van der Waals surface area contributed by atoms with E-state index < -0.39 is 6.36 Å². The fourth-order valence-electron chi connectivity index (χ4n) is 2.65. The van der Waals surface area contributed by atoms with Crippen LogP contribution in [0.5, 0.6) is 5.75 Å². The predicted molar refractivity (Wildman–Crippen MR) is 94.3 cm³/mol. The highest BCUT2D eigenvalue weighted by molar-refractivity contribution is 5.73. The van der Waals surface area contributed by atoms with Crippen LogP contribution in [0, 0.1) is 13.8 Å². The summed E-state index contributed by atoms with van der Waals surface area (Å²) in [6.45, 7) is 4.98. The third-order valence-corrected chi connectivity index (χ3v) is 3.88. The van der Waals surface area contributed by atoms with Gasteiger partial charge in [0.1, 0.15) is 5.75 Å². The summed E-state index contributed by atoms with van der Waals surface area (Å²) in [5.41, 5.74) is 2.27. The first-order valence-electron chi connectivity index (χ1n) is 8.49. The van der Waals surface area contributed by atoms with Gasteiger partial charge in [0.25, 0.3) is 0 Å².